The average Bonchev–Trinajstić information content (AvgIpc) is 2.51. The maximum absolute atomic E-state index is 11.4. The minimum absolute atomic E-state index is 0.0376. The predicted octanol–water partition coefficient (Wildman–Crippen LogP) is 2.49. The van der Waals surface area contributed by atoms with E-state index in [4.69, 9.17) is 0 Å². The Kier molecular flexibility index (Phi) is 4.49. The maximum atomic E-state index is 11.4. The van der Waals surface area contributed by atoms with Gasteiger partial charge in [0.25, 0.3) is 0 Å². The van der Waals surface area contributed by atoms with E-state index in [1.54, 1.807) is 6.08 Å². The highest BCUT2D eigenvalue weighted by atomic mass is 32.2. The summed E-state index contributed by atoms with van der Waals surface area (Å²) in [5.74, 6) is 1.87. The van der Waals surface area contributed by atoms with E-state index in [0.29, 0.717) is 6.04 Å². The Hall–Kier alpha value is -0.350. The third kappa shape index (κ3) is 3.82. The highest BCUT2D eigenvalue weighted by Crippen LogP contribution is 2.29. The number of rotatable bonds is 3. The van der Waals surface area contributed by atoms with Gasteiger partial charge in [0.15, 0.2) is 9.84 Å². The molecule has 0 radical (unpaired) electrons. The van der Waals surface area contributed by atoms with Gasteiger partial charge < -0.3 is 5.32 Å². The van der Waals surface area contributed by atoms with Gasteiger partial charge in [0.05, 0.1) is 5.75 Å². The van der Waals surface area contributed by atoms with Crippen molar-refractivity contribution in [3.05, 3.63) is 11.5 Å². The van der Waals surface area contributed by atoms with Crippen molar-refractivity contribution in [1.82, 2.24) is 5.32 Å². The van der Waals surface area contributed by atoms with Gasteiger partial charge in [-0.2, -0.15) is 0 Å². The summed E-state index contributed by atoms with van der Waals surface area (Å²) in [5.41, 5.74) is 0. The fraction of sp³-hybridized carbons (Fsp3) is 0.857. The first kappa shape index (κ1) is 14.1. The van der Waals surface area contributed by atoms with Gasteiger partial charge in [0.1, 0.15) is 0 Å². The van der Waals surface area contributed by atoms with Crippen LogP contribution in [0.3, 0.4) is 0 Å². The minimum atomic E-state index is -2.92. The second kappa shape index (κ2) is 5.74. The minimum Gasteiger partial charge on any atom is -0.307 e. The van der Waals surface area contributed by atoms with E-state index in [-0.39, 0.29) is 11.8 Å². The van der Waals surface area contributed by atoms with Crippen molar-refractivity contribution in [2.75, 3.05) is 5.75 Å². The molecular weight excluding hydrogens is 246 g/mol. The first-order valence-electron chi connectivity index (χ1n) is 7.13. The predicted molar refractivity (Wildman–Crippen MR) is 75.1 cm³/mol. The summed E-state index contributed by atoms with van der Waals surface area (Å²) in [6.45, 7) is 4.62. The molecule has 104 valence electrons. The van der Waals surface area contributed by atoms with Crippen LogP contribution in [0, 0.1) is 11.8 Å². The fourth-order valence-electron chi connectivity index (χ4n) is 3.15. The highest BCUT2D eigenvalue weighted by Gasteiger charge is 2.26. The van der Waals surface area contributed by atoms with Crippen LogP contribution in [0.15, 0.2) is 11.5 Å². The fourth-order valence-corrected chi connectivity index (χ4v) is 4.39. The van der Waals surface area contributed by atoms with E-state index < -0.39 is 9.84 Å². The van der Waals surface area contributed by atoms with Gasteiger partial charge in [0, 0.05) is 17.5 Å². The van der Waals surface area contributed by atoms with Gasteiger partial charge >= 0.3 is 0 Å². The zero-order valence-electron chi connectivity index (χ0n) is 11.4. The topological polar surface area (TPSA) is 46.2 Å². The average molecular weight is 271 g/mol. The molecule has 0 bridgehead atoms. The molecule has 1 aliphatic carbocycles. The van der Waals surface area contributed by atoms with Gasteiger partial charge in [0.2, 0.25) is 0 Å². The van der Waals surface area contributed by atoms with Crippen molar-refractivity contribution >= 4 is 9.84 Å². The molecule has 0 aromatic rings. The number of hydrogen-bond donors (Lipinski definition) is 1. The summed E-state index contributed by atoms with van der Waals surface area (Å²) < 4.78 is 22.7. The molecule has 4 heteroatoms. The zero-order chi connectivity index (χ0) is 13.2. The van der Waals surface area contributed by atoms with Crippen LogP contribution in [0.4, 0.5) is 0 Å². The van der Waals surface area contributed by atoms with Crippen LogP contribution >= 0.6 is 0 Å². The molecule has 0 saturated heterocycles. The maximum Gasteiger partial charge on any atom is 0.173 e. The molecule has 1 N–H and O–H groups in total. The standard InChI is InChI=1S/C14H25NO2S/c1-11(2)12-4-3-5-13(7-6-12)15-14-8-9-18(16,17)10-14/h8-9,11-15H,3-7,10H2,1-2H3. The Morgan fingerprint density at radius 3 is 2.56 bits per heavy atom. The Labute approximate surface area is 111 Å². The van der Waals surface area contributed by atoms with Gasteiger partial charge in [-0.3, -0.25) is 0 Å². The molecule has 2 aliphatic rings. The monoisotopic (exact) mass is 271 g/mol. The number of sulfone groups is 1. The number of nitrogens with one attached hydrogen (secondary N) is 1. The molecule has 1 saturated carbocycles. The summed E-state index contributed by atoms with van der Waals surface area (Å²) in [6, 6.07) is 0.535. The Morgan fingerprint density at radius 2 is 1.94 bits per heavy atom. The molecule has 0 amide bonds. The summed E-state index contributed by atoms with van der Waals surface area (Å²) in [6.07, 6.45) is 8.05. The molecule has 3 atom stereocenters. The highest BCUT2D eigenvalue weighted by molar-refractivity contribution is 7.94. The molecule has 3 nitrogen and oxygen atoms in total. The molecule has 1 aliphatic heterocycles. The van der Waals surface area contributed by atoms with Crippen molar-refractivity contribution in [3.63, 3.8) is 0 Å². The molecular formula is C14H25NO2S. The third-order valence-electron chi connectivity index (χ3n) is 4.34. The van der Waals surface area contributed by atoms with Crippen molar-refractivity contribution < 1.29 is 8.42 Å². The third-order valence-corrected chi connectivity index (χ3v) is 5.73. The largest absolute Gasteiger partial charge is 0.307 e. The molecule has 0 spiro atoms. The Bertz CT molecular complexity index is 400. The lowest BCUT2D eigenvalue weighted by Crippen LogP contribution is -2.38. The van der Waals surface area contributed by atoms with Gasteiger partial charge in [-0.15, -0.1) is 0 Å². The van der Waals surface area contributed by atoms with Crippen LogP contribution in [0.1, 0.15) is 46.0 Å². The second-order valence-corrected chi connectivity index (χ2v) is 8.07. The smallest absolute Gasteiger partial charge is 0.173 e. The van der Waals surface area contributed by atoms with Gasteiger partial charge in [-0.05, 0) is 31.1 Å². The normalized spacial score (nSPS) is 35.8. The lowest BCUT2D eigenvalue weighted by atomic mass is 9.89. The van der Waals surface area contributed by atoms with E-state index >= 15 is 0 Å². The van der Waals surface area contributed by atoms with Gasteiger partial charge in [-0.1, -0.05) is 32.8 Å². The van der Waals surface area contributed by atoms with Crippen LogP contribution in [-0.2, 0) is 9.84 Å². The van der Waals surface area contributed by atoms with E-state index in [9.17, 15) is 8.42 Å². The Balaban J connectivity index is 1.83. The van der Waals surface area contributed by atoms with Crippen LogP contribution in [0.2, 0.25) is 0 Å². The molecule has 18 heavy (non-hydrogen) atoms. The lowest BCUT2D eigenvalue weighted by Gasteiger charge is -2.21. The molecule has 1 fully saturated rings. The van der Waals surface area contributed by atoms with E-state index in [1.807, 2.05) is 0 Å². The van der Waals surface area contributed by atoms with Gasteiger partial charge in [-0.25, -0.2) is 8.42 Å². The van der Waals surface area contributed by atoms with E-state index in [2.05, 4.69) is 19.2 Å². The van der Waals surface area contributed by atoms with E-state index in [1.165, 1.54) is 37.5 Å². The molecule has 0 aromatic heterocycles. The first-order valence-corrected chi connectivity index (χ1v) is 8.85. The van der Waals surface area contributed by atoms with Crippen molar-refractivity contribution in [2.45, 2.75) is 58.0 Å². The van der Waals surface area contributed by atoms with Crippen LogP contribution in [-0.4, -0.2) is 26.3 Å². The van der Waals surface area contributed by atoms with Crippen molar-refractivity contribution in [1.29, 1.82) is 0 Å². The molecule has 2 rings (SSSR count). The molecule has 3 unspecified atom stereocenters. The molecule has 1 heterocycles. The second-order valence-electron chi connectivity index (χ2n) is 6.14. The van der Waals surface area contributed by atoms with Crippen molar-refractivity contribution in [2.24, 2.45) is 11.8 Å². The first-order chi connectivity index (χ1) is 8.46. The van der Waals surface area contributed by atoms with Crippen LogP contribution in [0.25, 0.3) is 0 Å². The lowest BCUT2D eigenvalue weighted by molar-refractivity contribution is 0.337. The summed E-state index contributed by atoms with van der Waals surface area (Å²) in [5, 5.41) is 4.87. The van der Waals surface area contributed by atoms with Crippen LogP contribution in [0.5, 0.6) is 0 Å². The molecule has 0 aromatic carbocycles. The summed E-state index contributed by atoms with van der Waals surface area (Å²) in [4.78, 5) is 0. The number of hydrogen-bond acceptors (Lipinski definition) is 3. The quantitative estimate of drug-likeness (QED) is 0.802. The summed E-state index contributed by atoms with van der Waals surface area (Å²) in [7, 11) is -2.92. The summed E-state index contributed by atoms with van der Waals surface area (Å²) >= 11 is 0. The SMILES string of the molecule is CC(C)C1CCCC(NC2C=CS(=O)(=O)C2)CC1. The van der Waals surface area contributed by atoms with Crippen molar-refractivity contribution in [3.8, 4) is 0 Å². The Morgan fingerprint density at radius 1 is 1.17 bits per heavy atom. The van der Waals surface area contributed by atoms with Crippen LogP contribution < -0.4 is 5.32 Å². The zero-order valence-corrected chi connectivity index (χ0v) is 12.2. The van der Waals surface area contributed by atoms with E-state index in [0.717, 1.165) is 11.8 Å².